The van der Waals surface area contributed by atoms with Crippen LogP contribution in [0.2, 0.25) is 0 Å². The largest absolute Gasteiger partial charge is 0.359 e. The zero-order chi connectivity index (χ0) is 15.8. The maximum atomic E-state index is 12.8. The molecule has 3 aliphatic rings. The molecule has 0 saturated carbocycles. The number of nitrogens with zero attached hydrogens (tertiary/aromatic N) is 3. The first kappa shape index (κ1) is 15.0. The molecule has 0 aliphatic carbocycles. The molecule has 3 fully saturated rings. The van der Waals surface area contributed by atoms with Crippen LogP contribution in [0.25, 0.3) is 0 Å². The number of urea groups is 1. The molecule has 4 rings (SSSR count). The Labute approximate surface area is 137 Å². The van der Waals surface area contributed by atoms with Gasteiger partial charge in [-0.3, -0.25) is 4.90 Å². The molecule has 3 saturated heterocycles. The second-order valence-corrected chi connectivity index (χ2v) is 7.17. The Balaban J connectivity index is 1.42. The number of rotatable bonds is 2. The van der Waals surface area contributed by atoms with E-state index in [1.807, 2.05) is 17.9 Å². The quantitative estimate of drug-likeness (QED) is 0.910. The minimum absolute atomic E-state index is 0.0417. The highest BCUT2D eigenvalue weighted by molar-refractivity contribution is 5.75. The van der Waals surface area contributed by atoms with Crippen molar-refractivity contribution in [1.82, 2.24) is 20.3 Å². The molecule has 0 bridgehead atoms. The van der Waals surface area contributed by atoms with Crippen molar-refractivity contribution in [2.75, 3.05) is 19.6 Å². The molecule has 1 aromatic heterocycles. The third-order valence-corrected chi connectivity index (χ3v) is 5.65. The number of aromatic nitrogens is 1. The van der Waals surface area contributed by atoms with E-state index < -0.39 is 0 Å². The van der Waals surface area contributed by atoms with Gasteiger partial charge < -0.3 is 14.7 Å². The summed E-state index contributed by atoms with van der Waals surface area (Å²) in [5, 5.41) is 7.28. The molecule has 3 aliphatic heterocycles. The van der Waals surface area contributed by atoms with E-state index in [4.69, 9.17) is 4.52 Å². The summed E-state index contributed by atoms with van der Waals surface area (Å²) in [6.07, 6.45) is 6.87. The molecular weight excluding hydrogens is 292 g/mol. The molecule has 4 heterocycles. The van der Waals surface area contributed by atoms with Gasteiger partial charge in [-0.05, 0) is 45.6 Å². The van der Waals surface area contributed by atoms with Crippen LogP contribution in [0.15, 0.2) is 10.6 Å². The summed E-state index contributed by atoms with van der Waals surface area (Å²) in [6, 6.07) is 2.91. The van der Waals surface area contributed by atoms with E-state index in [1.54, 1.807) is 0 Å². The number of carbonyl (C=O) groups is 1. The topological polar surface area (TPSA) is 61.6 Å². The van der Waals surface area contributed by atoms with E-state index in [-0.39, 0.29) is 12.1 Å². The second-order valence-electron chi connectivity index (χ2n) is 7.17. The number of carbonyl (C=O) groups excluding carboxylic acids is 1. The lowest BCUT2D eigenvalue weighted by Crippen LogP contribution is -2.50. The SMILES string of the molecule is Cc1cc([C@@H]2CCCN2C(=O)N[C@H]2CCN3CCCC[C@H]23)on1. The summed E-state index contributed by atoms with van der Waals surface area (Å²) in [4.78, 5) is 17.3. The third kappa shape index (κ3) is 2.84. The first-order chi connectivity index (χ1) is 11.2. The summed E-state index contributed by atoms with van der Waals surface area (Å²) in [7, 11) is 0. The van der Waals surface area contributed by atoms with Crippen LogP contribution in [0, 0.1) is 6.92 Å². The van der Waals surface area contributed by atoms with E-state index in [0.29, 0.717) is 12.1 Å². The number of hydrogen-bond donors (Lipinski definition) is 1. The molecule has 6 heteroatoms. The maximum Gasteiger partial charge on any atom is 0.318 e. The first-order valence-electron chi connectivity index (χ1n) is 8.97. The Kier molecular flexibility index (Phi) is 4.01. The van der Waals surface area contributed by atoms with E-state index in [2.05, 4.69) is 15.4 Å². The number of amides is 2. The molecule has 1 N–H and O–H groups in total. The second kappa shape index (κ2) is 6.15. The van der Waals surface area contributed by atoms with Gasteiger partial charge in [0.2, 0.25) is 0 Å². The highest BCUT2D eigenvalue weighted by atomic mass is 16.5. The molecule has 1 aromatic rings. The maximum absolute atomic E-state index is 12.8. The van der Waals surface area contributed by atoms with Crippen LogP contribution in [-0.4, -0.2) is 52.7 Å². The lowest BCUT2D eigenvalue weighted by atomic mass is 9.99. The van der Waals surface area contributed by atoms with Crippen molar-refractivity contribution in [2.45, 2.75) is 63.6 Å². The summed E-state index contributed by atoms with van der Waals surface area (Å²) in [5.74, 6) is 0.820. The number of likely N-dealkylation sites (tertiary alicyclic amines) is 1. The molecular formula is C17H26N4O2. The van der Waals surface area contributed by atoms with E-state index in [1.165, 1.54) is 25.8 Å². The van der Waals surface area contributed by atoms with Gasteiger partial charge in [0.25, 0.3) is 0 Å². The van der Waals surface area contributed by atoms with Gasteiger partial charge in [0.05, 0.1) is 11.7 Å². The van der Waals surface area contributed by atoms with Crippen molar-refractivity contribution in [3.05, 3.63) is 17.5 Å². The van der Waals surface area contributed by atoms with Crippen molar-refractivity contribution < 1.29 is 9.32 Å². The Hall–Kier alpha value is -1.56. The summed E-state index contributed by atoms with van der Waals surface area (Å²) >= 11 is 0. The number of nitrogens with one attached hydrogen (secondary N) is 1. The lowest BCUT2D eigenvalue weighted by Gasteiger charge is -2.33. The summed E-state index contributed by atoms with van der Waals surface area (Å²) < 4.78 is 5.40. The Morgan fingerprint density at radius 2 is 2.13 bits per heavy atom. The monoisotopic (exact) mass is 318 g/mol. The number of hydrogen-bond acceptors (Lipinski definition) is 4. The minimum atomic E-state index is 0.0417. The zero-order valence-electron chi connectivity index (χ0n) is 13.8. The zero-order valence-corrected chi connectivity index (χ0v) is 13.8. The van der Waals surface area contributed by atoms with Crippen LogP contribution in [0.4, 0.5) is 4.79 Å². The number of aryl methyl sites for hydroxylation is 1. The smallest absolute Gasteiger partial charge is 0.318 e. The highest BCUT2D eigenvalue weighted by Gasteiger charge is 2.39. The minimum Gasteiger partial charge on any atom is -0.359 e. The molecule has 0 aromatic carbocycles. The van der Waals surface area contributed by atoms with Gasteiger partial charge in [-0.15, -0.1) is 0 Å². The van der Waals surface area contributed by atoms with Crippen molar-refractivity contribution in [1.29, 1.82) is 0 Å². The van der Waals surface area contributed by atoms with Gasteiger partial charge >= 0.3 is 6.03 Å². The van der Waals surface area contributed by atoms with Crippen molar-refractivity contribution >= 4 is 6.03 Å². The Morgan fingerprint density at radius 3 is 2.96 bits per heavy atom. The molecule has 0 spiro atoms. The van der Waals surface area contributed by atoms with Crippen LogP contribution in [0.3, 0.4) is 0 Å². The van der Waals surface area contributed by atoms with Crippen LogP contribution < -0.4 is 5.32 Å². The van der Waals surface area contributed by atoms with E-state index in [0.717, 1.165) is 43.8 Å². The van der Waals surface area contributed by atoms with Gasteiger partial charge in [-0.25, -0.2) is 4.79 Å². The van der Waals surface area contributed by atoms with Crippen LogP contribution >= 0.6 is 0 Å². The van der Waals surface area contributed by atoms with E-state index in [9.17, 15) is 4.79 Å². The van der Waals surface area contributed by atoms with Gasteiger partial charge in [0.15, 0.2) is 5.76 Å². The first-order valence-corrected chi connectivity index (χ1v) is 8.97. The average molecular weight is 318 g/mol. The average Bonchev–Trinajstić information content (AvgIpc) is 3.26. The summed E-state index contributed by atoms with van der Waals surface area (Å²) in [6.45, 7) is 5.04. The van der Waals surface area contributed by atoms with Crippen molar-refractivity contribution in [3.63, 3.8) is 0 Å². The van der Waals surface area contributed by atoms with Crippen LogP contribution in [0.1, 0.15) is 56.0 Å². The van der Waals surface area contributed by atoms with Gasteiger partial charge in [-0.1, -0.05) is 11.6 Å². The van der Waals surface area contributed by atoms with Crippen LogP contribution in [-0.2, 0) is 0 Å². The normalized spacial score (nSPS) is 31.3. The van der Waals surface area contributed by atoms with Crippen molar-refractivity contribution in [2.24, 2.45) is 0 Å². The molecule has 2 amide bonds. The number of fused-ring (bicyclic) bond motifs is 1. The Morgan fingerprint density at radius 1 is 1.22 bits per heavy atom. The van der Waals surface area contributed by atoms with Crippen LogP contribution in [0.5, 0.6) is 0 Å². The fourth-order valence-corrected chi connectivity index (χ4v) is 4.50. The molecule has 126 valence electrons. The fraction of sp³-hybridized carbons (Fsp3) is 0.765. The molecule has 0 unspecified atom stereocenters. The molecule has 3 atom stereocenters. The fourth-order valence-electron chi connectivity index (χ4n) is 4.50. The standard InChI is InChI=1S/C17H26N4O2/c1-12-11-16(23-19-12)15-6-4-9-21(15)17(22)18-13-7-10-20-8-3-2-5-14(13)20/h11,13-15H,2-10H2,1H3,(H,18,22)/t13-,14+,15-/m0/s1. The lowest BCUT2D eigenvalue weighted by molar-refractivity contribution is 0.160. The molecule has 23 heavy (non-hydrogen) atoms. The predicted molar refractivity (Wildman–Crippen MR) is 86.1 cm³/mol. The van der Waals surface area contributed by atoms with Gasteiger partial charge in [0.1, 0.15) is 0 Å². The third-order valence-electron chi connectivity index (χ3n) is 5.65. The molecule has 6 nitrogen and oxygen atoms in total. The summed E-state index contributed by atoms with van der Waals surface area (Å²) in [5.41, 5.74) is 0.876. The van der Waals surface area contributed by atoms with Crippen molar-refractivity contribution in [3.8, 4) is 0 Å². The Bertz CT molecular complexity index is 573. The van der Waals surface area contributed by atoms with E-state index >= 15 is 0 Å². The van der Waals surface area contributed by atoms with Gasteiger partial charge in [0, 0.05) is 31.2 Å². The highest BCUT2D eigenvalue weighted by Crippen LogP contribution is 2.33. The predicted octanol–water partition coefficient (Wildman–Crippen LogP) is 2.46. The molecule has 0 radical (unpaired) electrons. The van der Waals surface area contributed by atoms with Gasteiger partial charge in [-0.2, -0.15) is 0 Å². The number of piperidine rings is 1.